The summed E-state index contributed by atoms with van der Waals surface area (Å²) in [5.74, 6) is -6.67. The topological polar surface area (TPSA) is 106 Å². The van der Waals surface area contributed by atoms with Gasteiger partial charge in [-0.15, -0.1) is 0 Å². The van der Waals surface area contributed by atoms with Crippen molar-refractivity contribution in [2.75, 3.05) is 6.54 Å². The minimum absolute atomic E-state index is 0.112. The van der Waals surface area contributed by atoms with Crippen molar-refractivity contribution >= 4 is 29.1 Å². The third kappa shape index (κ3) is 6.31. The summed E-state index contributed by atoms with van der Waals surface area (Å²) in [4.78, 5) is 30.1. The number of hydrogen-bond donors (Lipinski definition) is 2. The highest BCUT2D eigenvalue weighted by Gasteiger charge is 2.45. The predicted octanol–water partition coefficient (Wildman–Crippen LogP) is 4.75. The standard InChI is InChI=1S/C26H29ClF5N7O2/c1-2-38-20(5-8-34-38)24(41)36-22(14-3-6-25(28,29)7-4-14)19-13-39-21(35-19)11-17(27)18(37-39)10-15-9-16(26(30,31)32)12-33-23(15)40/h5,8,11,13-16,22H,2-4,6-7,9-10,12H2,1H3,(H,33,40)(H,36,41)/t15-,16-,22+/m1/s1. The van der Waals surface area contributed by atoms with Gasteiger partial charge in [-0.3, -0.25) is 14.3 Å². The summed E-state index contributed by atoms with van der Waals surface area (Å²) in [6.45, 7) is 1.82. The molecule has 0 bridgehead atoms. The van der Waals surface area contributed by atoms with E-state index < -0.39 is 48.3 Å². The van der Waals surface area contributed by atoms with Crippen LogP contribution in [0, 0.1) is 17.8 Å². The third-order valence-electron chi connectivity index (χ3n) is 7.95. The molecule has 222 valence electrons. The zero-order valence-corrected chi connectivity index (χ0v) is 22.9. The number of carbonyl (C=O) groups excluding carboxylic acids is 2. The molecule has 1 aliphatic carbocycles. The number of hydrogen-bond acceptors (Lipinski definition) is 5. The van der Waals surface area contributed by atoms with Gasteiger partial charge in [0.25, 0.3) is 5.91 Å². The van der Waals surface area contributed by atoms with E-state index >= 15 is 0 Å². The van der Waals surface area contributed by atoms with E-state index in [1.807, 2.05) is 6.92 Å². The maximum Gasteiger partial charge on any atom is 0.393 e. The minimum atomic E-state index is -4.44. The molecular formula is C26H29ClF5N7O2. The molecule has 0 spiro atoms. The molecule has 3 atom stereocenters. The fourth-order valence-corrected chi connectivity index (χ4v) is 5.84. The van der Waals surface area contributed by atoms with Gasteiger partial charge in [-0.2, -0.15) is 23.4 Å². The maximum atomic E-state index is 14.0. The lowest BCUT2D eigenvalue weighted by Gasteiger charge is -2.33. The van der Waals surface area contributed by atoms with Gasteiger partial charge >= 0.3 is 6.18 Å². The van der Waals surface area contributed by atoms with Gasteiger partial charge in [0, 0.05) is 50.5 Å². The van der Waals surface area contributed by atoms with E-state index in [4.69, 9.17) is 11.6 Å². The molecule has 0 radical (unpaired) electrons. The van der Waals surface area contributed by atoms with Crippen LogP contribution in [0.3, 0.4) is 0 Å². The first-order valence-corrected chi connectivity index (χ1v) is 13.8. The van der Waals surface area contributed by atoms with E-state index in [0.29, 0.717) is 23.6 Å². The second kappa shape index (κ2) is 11.2. The highest BCUT2D eigenvalue weighted by Crippen LogP contribution is 2.41. The van der Waals surface area contributed by atoms with E-state index in [1.54, 1.807) is 12.3 Å². The molecule has 4 heterocycles. The van der Waals surface area contributed by atoms with Gasteiger partial charge in [0.2, 0.25) is 11.8 Å². The molecular weight excluding hydrogens is 573 g/mol. The van der Waals surface area contributed by atoms with E-state index in [1.165, 1.54) is 21.5 Å². The second-order valence-electron chi connectivity index (χ2n) is 10.7. The second-order valence-corrected chi connectivity index (χ2v) is 11.1. The van der Waals surface area contributed by atoms with Crippen molar-refractivity contribution in [1.82, 2.24) is 35.0 Å². The highest BCUT2D eigenvalue weighted by molar-refractivity contribution is 6.31. The van der Waals surface area contributed by atoms with Crippen molar-refractivity contribution in [2.24, 2.45) is 17.8 Å². The van der Waals surface area contributed by atoms with Gasteiger partial charge < -0.3 is 10.6 Å². The van der Waals surface area contributed by atoms with Crippen molar-refractivity contribution in [3.05, 3.63) is 46.6 Å². The fourth-order valence-electron chi connectivity index (χ4n) is 5.63. The number of aryl methyl sites for hydroxylation is 1. The average Bonchev–Trinajstić information content (AvgIpc) is 3.55. The van der Waals surface area contributed by atoms with Gasteiger partial charge in [0.15, 0.2) is 5.65 Å². The molecule has 2 aliphatic rings. The first kappa shape index (κ1) is 29.2. The largest absolute Gasteiger partial charge is 0.393 e. The van der Waals surface area contributed by atoms with Crippen molar-refractivity contribution in [1.29, 1.82) is 0 Å². The molecule has 1 aliphatic heterocycles. The van der Waals surface area contributed by atoms with Crippen LogP contribution in [0.1, 0.15) is 66.9 Å². The number of imidazole rings is 1. The summed E-state index contributed by atoms with van der Waals surface area (Å²) < 4.78 is 70.7. The van der Waals surface area contributed by atoms with Crippen LogP contribution < -0.4 is 10.6 Å². The Kier molecular flexibility index (Phi) is 7.96. The number of nitrogens with zero attached hydrogens (tertiary/aromatic N) is 5. The SMILES string of the molecule is CCn1nccc1C(=O)N[C@H](c1cn2nc(C[C@H]3C[C@@H](C(F)(F)F)CNC3=O)c(Cl)cc2n1)C1CCC(F)(F)CC1. The molecule has 2 N–H and O–H groups in total. The number of rotatable bonds is 7. The van der Waals surface area contributed by atoms with Crippen LogP contribution in [0.4, 0.5) is 22.0 Å². The smallest absolute Gasteiger partial charge is 0.355 e. The van der Waals surface area contributed by atoms with Crippen LogP contribution in [0.5, 0.6) is 0 Å². The Morgan fingerprint density at radius 3 is 2.71 bits per heavy atom. The Labute approximate surface area is 236 Å². The van der Waals surface area contributed by atoms with Crippen molar-refractivity contribution in [2.45, 2.75) is 70.1 Å². The van der Waals surface area contributed by atoms with Crippen molar-refractivity contribution < 1.29 is 31.5 Å². The molecule has 0 unspecified atom stereocenters. The van der Waals surface area contributed by atoms with E-state index in [2.05, 4.69) is 25.8 Å². The lowest BCUT2D eigenvalue weighted by molar-refractivity contribution is -0.183. The first-order chi connectivity index (χ1) is 19.3. The monoisotopic (exact) mass is 601 g/mol. The molecule has 1 saturated heterocycles. The van der Waals surface area contributed by atoms with Gasteiger partial charge in [0.1, 0.15) is 5.69 Å². The number of alkyl halides is 5. The summed E-state index contributed by atoms with van der Waals surface area (Å²) in [5.41, 5.74) is 1.21. The molecule has 5 rings (SSSR count). The Hall–Kier alpha value is -3.29. The van der Waals surface area contributed by atoms with Crippen LogP contribution in [0.25, 0.3) is 5.65 Å². The molecule has 3 aromatic rings. The number of carbonyl (C=O) groups is 2. The first-order valence-electron chi connectivity index (χ1n) is 13.4. The minimum Gasteiger partial charge on any atom is -0.355 e. The lowest BCUT2D eigenvalue weighted by atomic mass is 9.81. The number of piperidine rings is 1. The number of halogens is 6. The van der Waals surface area contributed by atoms with Gasteiger partial charge in [-0.1, -0.05) is 11.6 Å². The quantitative estimate of drug-likeness (QED) is 0.380. The molecule has 3 aromatic heterocycles. The van der Waals surface area contributed by atoms with Crippen LogP contribution >= 0.6 is 11.6 Å². The van der Waals surface area contributed by atoms with E-state index in [9.17, 15) is 31.5 Å². The summed E-state index contributed by atoms with van der Waals surface area (Å²) in [7, 11) is 0. The maximum absolute atomic E-state index is 14.0. The van der Waals surface area contributed by atoms with Gasteiger partial charge in [-0.25, -0.2) is 18.3 Å². The average molecular weight is 602 g/mol. The lowest BCUT2D eigenvalue weighted by Crippen LogP contribution is -2.47. The Bertz CT molecular complexity index is 1430. The Balaban J connectivity index is 1.43. The number of fused-ring (bicyclic) bond motifs is 1. The molecule has 41 heavy (non-hydrogen) atoms. The third-order valence-corrected chi connectivity index (χ3v) is 8.27. The van der Waals surface area contributed by atoms with Crippen molar-refractivity contribution in [3.8, 4) is 0 Å². The zero-order chi connectivity index (χ0) is 29.5. The van der Waals surface area contributed by atoms with Crippen LogP contribution in [0.15, 0.2) is 24.5 Å². The molecule has 1 saturated carbocycles. The molecule has 2 fully saturated rings. The Morgan fingerprint density at radius 1 is 1.29 bits per heavy atom. The summed E-state index contributed by atoms with van der Waals surface area (Å²) >= 11 is 6.42. The number of aromatic nitrogens is 5. The van der Waals surface area contributed by atoms with E-state index in [0.717, 1.165) is 0 Å². The van der Waals surface area contributed by atoms with E-state index in [-0.39, 0.29) is 55.2 Å². The van der Waals surface area contributed by atoms with Crippen LogP contribution in [-0.4, -0.2) is 54.8 Å². The molecule has 0 aromatic carbocycles. The summed E-state index contributed by atoms with van der Waals surface area (Å²) in [6, 6.07) is 2.32. The van der Waals surface area contributed by atoms with Crippen molar-refractivity contribution in [3.63, 3.8) is 0 Å². The summed E-state index contributed by atoms with van der Waals surface area (Å²) in [5, 5.41) is 13.9. The van der Waals surface area contributed by atoms with Gasteiger partial charge in [-0.05, 0) is 38.2 Å². The highest BCUT2D eigenvalue weighted by atomic mass is 35.5. The zero-order valence-electron chi connectivity index (χ0n) is 22.1. The normalized spacial score (nSPS) is 22.5. The molecule has 9 nitrogen and oxygen atoms in total. The number of nitrogens with one attached hydrogen (secondary N) is 2. The summed E-state index contributed by atoms with van der Waals surface area (Å²) in [6.07, 6.45) is -2.20. The van der Waals surface area contributed by atoms with Crippen LogP contribution in [-0.2, 0) is 17.8 Å². The Morgan fingerprint density at radius 2 is 2.02 bits per heavy atom. The molecule has 15 heteroatoms. The predicted molar refractivity (Wildman–Crippen MR) is 137 cm³/mol. The molecule has 2 amide bonds. The van der Waals surface area contributed by atoms with Crippen LogP contribution in [0.2, 0.25) is 5.02 Å². The number of amides is 2. The fraction of sp³-hybridized carbons (Fsp3) is 0.577. The van der Waals surface area contributed by atoms with Gasteiger partial charge in [0.05, 0.1) is 34.6 Å².